The Morgan fingerprint density at radius 3 is 2.63 bits per heavy atom. The van der Waals surface area contributed by atoms with Gasteiger partial charge in [-0.3, -0.25) is 0 Å². The number of likely N-dealkylation sites (N-methyl/N-ethyl adjacent to an activating group) is 1. The molecule has 0 fully saturated rings. The van der Waals surface area contributed by atoms with Crippen LogP contribution in [0.4, 0.5) is 0 Å². The van der Waals surface area contributed by atoms with Crippen molar-refractivity contribution < 1.29 is 4.52 Å². The maximum atomic E-state index is 5.38. The molecule has 0 saturated heterocycles. The molecule has 0 amide bonds. The van der Waals surface area contributed by atoms with Crippen LogP contribution in [0.3, 0.4) is 0 Å². The molecule has 1 aromatic heterocycles. The highest BCUT2D eigenvalue weighted by molar-refractivity contribution is 5.21. The highest BCUT2D eigenvalue weighted by atomic mass is 16.5. The number of hydrogen-bond donors (Lipinski definition) is 1. The van der Waals surface area contributed by atoms with Crippen molar-refractivity contribution in [3.05, 3.63) is 47.6 Å². The molecule has 0 bridgehead atoms. The molecule has 1 aromatic carbocycles. The summed E-state index contributed by atoms with van der Waals surface area (Å²) in [6, 6.07) is 10.5. The Hall–Kier alpha value is -1.68. The Kier molecular flexibility index (Phi) is 4.68. The van der Waals surface area contributed by atoms with E-state index in [0.717, 1.165) is 18.7 Å². The third kappa shape index (κ3) is 3.20. The minimum absolute atomic E-state index is 0.144. The summed E-state index contributed by atoms with van der Waals surface area (Å²) in [5, 5.41) is 7.35. The molecule has 19 heavy (non-hydrogen) atoms. The third-order valence-electron chi connectivity index (χ3n) is 3.32. The Morgan fingerprint density at radius 2 is 2.00 bits per heavy atom. The fraction of sp³-hybridized carbons (Fsp3) is 0.467. The van der Waals surface area contributed by atoms with Crippen molar-refractivity contribution >= 4 is 0 Å². The van der Waals surface area contributed by atoms with Gasteiger partial charge < -0.3 is 9.84 Å². The van der Waals surface area contributed by atoms with Crippen LogP contribution in [0.5, 0.6) is 0 Å². The lowest BCUT2D eigenvalue weighted by atomic mass is 9.94. The minimum atomic E-state index is 0.144. The molecule has 2 aromatic rings. The maximum absolute atomic E-state index is 5.38. The Morgan fingerprint density at radius 1 is 1.26 bits per heavy atom. The first-order chi connectivity index (χ1) is 9.26. The molecule has 2 atom stereocenters. The smallest absolute Gasteiger partial charge is 0.231 e. The number of rotatable bonds is 6. The zero-order chi connectivity index (χ0) is 13.7. The number of benzene rings is 1. The zero-order valence-corrected chi connectivity index (χ0v) is 11.8. The standard InChI is InChI=1S/C15H21N3O/c1-4-8-13-17-15(19-18-13)11(2)14(16-3)12-9-6-5-7-10-12/h5-7,9-11,14,16H,4,8H2,1-3H3. The Labute approximate surface area is 114 Å². The van der Waals surface area contributed by atoms with Gasteiger partial charge in [0.05, 0.1) is 5.92 Å². The van der Waals surface area contributed by atoms with E-state index in [2.05, 4.69) is 41.4 Å². The second kappa shape index (κ2) is 6.48. The highest BCUT2D eigenvalue weighted by Gasteiger charge is 2.24. The second-order valence-electron chi connectivity index (χ2n) is 4.76. The van der Waals surface area contributed by atoms with E-state index in [1.165, 1.54) is 5.56 Å². The molecule has 1 heterocycles. The minimum Gasteiger partial charge on any atom is -0.339 e. The first kappa shape index (κ1) is 13.7. The van der Waals surface area contributed by atoms with E-state index in [1.807, 2.05) is 25.2 Å². The van der Waals surface area contributed by atoms with Crippen molar-refractivity contribution in [2.75, 3.05) is 7.05 Å². The molecule has 2 rings (SSSR count). The topological polar surface area (TPSA) is 51.0 Å². The van der Waals surface area contributed by atoms with Crippen molar-refractivity contribution in [1.29, 1.82) is 0 Å². The molecule has 4 nitrogen and oxygen atoms in total. The van der Waals surface area contributed by atoms with Gasteiger partial charge in [0.2, 0.25) is 5.89 Å². The van der Waals surface area contributed by atoms with Gasteiger partial charge in [-0.05, 0) is 19.0 Å². The molecule has 0 saturated carbocycles. The van der Waals surface area contributed by atoms with Gasteiger partial charge in [-0.1, -0.05) is 49.3 Å². The van der Waals surface area contributed by atoms with Gasteiger partial charge in [-0.15, -0.1) is 0 Å². The van der Waals surface area contributed by atoms with Crippen LogP contribution in [-0.4, -0.2) is 17.2 Å². The summed E-state index contributed by atoms with van der Waals surface area (Å²) < 4.78 is 5.38. The fourth-order valence-electron chi connectivity index (χ4n) is 2.29. The van der Waals surface area contributed by atoms with E-state index in [-0.39, 0.29) is 12.0 Å². The second-order valence-corrected chi connectivity index (χ2v) is 4.76. The van der Waals surface area contributed by atoms with Gasteiger partial charge in [0.25, 0.3) is 0 Å². The van der Waals surface area contributed by atoms with E-state index in [0.29, 0.717) is 5.89 Å². The lowest BCUT2D eigenvalue weighted by molar-refractivity contribution is 0.329. The van der Waals surface area contributed by atoms with Crippen LogP contribution >= 0.6 is 0 Å². The normalized spacial score (nSPS) is 14.3. The first-order valence-electron chi connectivity index (χ1n) is 6.81. The van der Waals surface area contributed by atoms with Crippen molar-refractivity contribution in [3.8, 4) is 0 Å². The summed E-state index contributed by atoms with van der Waals surface area (Å²) in [6.07, 6.45) is 1.90. The lowest BCUT2D eigenvalue weighted by Crippen LogP contribution is -2.22. The predicted molar refractivity (Wildman–Crippen MR) is 75.0 cm³/mol. The molecule has 102 valence electrons. The largest absolute Gasteiger partial charge is 0.339 e. The molecule has 0 radical (unpaired) electrons. The Bertz CT molecular complexity index is 495. The van der Waals surface area contributed by atoms with Gasteiger partial charge in [0, 0.05) is 12.5 Å². The molecule has 1 N–H and O–H groups in total. The van der Waals surface area contributed by atoms with Crippen molar-refractivity contribution in [2.24, 2.45) is 0 Å². The summed E-state index contributed by atoms with van der Waals surface area (Å²) in [7, 11) is 1.96. The molecule has 0 spiro atoms. The fourth-order valence-corrected chi connectivity index (χ4v) is 2.29. The first-order valence-corrected chi connectivity index (χ1v) is 6.81. The van der Waals surface area contributed by atoms with Gasteiger partial charge in [0.15, 0.2) is 5.82 Å². The van der Waals surface area contributed by atoms with Crippen LogP contribution in [0.15, 0.2) is 34.9 Å². The number of nitrogens with one attached hydrogen (secondary N) is 1. The van der Waals surface area contributed by atoms with Crippen molar-refractivity contribution in [3.63, 3.8) is 0 Å². The van der Waals surface area contributed by atoms with E-state index in [9.17, 15) is 0 Å². The highest BCUT2D eigenvalue weighted by Crippen LogP contribution is 2.29. The van der Waals surface area contributed by atoms with Crippen LogP contribution < -0.4 is 5.32 Å². The molecule has 0 aliphatic heterocycles. The maximum Gasteiger partial charge on any atom is 0.231 e. The third-order valence-corrected chi connectivity index (χ3v) is 3.32. The summed E-state index contributed by atoms with van der Waals surface area (Å²) in [4.78, 5) is 4.48. The van der Waals surface area contributed by atoms with E-state index in [4.69, 9.17) is 4.52 Å². The van der Waals surface area contributed by atoms with Gasteiger partial charge >= 0.3 is 0 Å². The number of aromatic nitrogens is 2. The number of hydrogen-bond acceptors (Lipinski definition) is 4. The summed E-state index contributed by atoms with van der Waals surface area (Å²) in [5.74, 6) is 1.64. The zero-order valence-electron chi connectivity index (χ0n) is 11.8. The van der Waals surface area contributed by atoms with Crippen LogP contribution in [0.25, 0.3) is 0 Å². The summed E-state index contributed by atoms with van der Waals surface area (Å²) in [5.41, 5.74) is 1.23. The van der Waals surface area contributed by atoms with Crippen LogP contribution in [0.1, 0.15) is 49.5 Å². The van der Waals surface area contributed by atoms with Gasteiger partial charge in [-0.25, -0.2) is 0 Å². The molecular weight excluding hydrogens is 238 g/mol. The molecule has 0 aliphatic rings. The molecular formula is C15H21N3O. The van der Waals surface area contributed by atoms with Crippen LogP contribution in [-0.2, 0) is 6.42 Å². The van der Waals surface area contributed by atoms with Crippen LogP contribution in [0.2, 0.25) is 0 Å². The van der Waals surface area contributed by atoms with Crippen molar-refractivity contribution in [1.82, 2.24) is 15.5 Å². The number of aryl methyl sites for hydroxylation is 1. The average Bonchev–Trinajstić information content (AvgIpc) is 2.90. The van der Waals surface area contributed by atoms with E-state index in [1.54, 1.807) is 0 Å². The molecule has 0 aliphatic carbocycles. The number of nitrogens with zero attached hydrogens (tertiary/aromatic N) is 2. The van der Waals surface area contributed by atoms with Crippen LogP contribution in [0, 0.1) is 0 Å². The van der Waals surface area contributed by atoms with E-state index < -0.39 is 0 Å². The monoisotopic (exact) mass is 259 g/mol. The predicted octanol–water partition coefficient (Wildman–Crippen LogP) is 3.09. The van der Waals surface area contributed by atoms with Gasteiger partial charge in [0.1, 0.15) is 0 Å². The van der Waals surface area contributed by atoms with Gasteiger partial charge in [-0.2, -0.15) is 4.98 Å². The molecule has 2 unspecified atom stereocenters. The SMILES string of the molecule is CCCc1noc(C(C)C(NC)c2ccccc2)n1. The van der Waals surface area contributed by atoms with E-state index >= 15 is 0 Å². The average molecular weight is 259 g/mol. The Balaban J connectivity index is 2.18. The molecule has 4 heteroatoms. The van der Waals surface area contributed by atoms with Crippen molar-refractivity contribution in [2.45, 2.75) is 38.6 Å². The quantitative estimate of drug-likeness (QED) is 0.866. The summed E-state index contributed by atoms with van der Waals surface area (Å²) in [6.45, 7) is 4.22. The summed E-state index contributed by atoms with van der Waals surface area (Å²) >= 11 is 0. The lowest BCUT2D eigenvalue weighted by Gasteiger charge is -2.21.